The van der Waals surface area contributed by atoms with Crippen LogP contribution in [0.5, 0.6) is 5.75 Å². The van der Waals surface area contributed by atoms with Crippen LogP contribution in [0.3, 0.4) is 0 Å². The third kappa shape index (κ3) is 9.60. The predicted octanol–water partition coefficient (Wildman–Crippen LogP) is 8.22. The Morgan fingerprint density at radius 1 is 0.931 bits per heavy atom. The van der Waals surface area contributed by atoms with E-state index in [1.165, 1.54) is 9.78 Å². The Morgan fingerprint density at radius 3 is 2.40 bits per heavy atom. The summed E-state index contributed by atoms with van der Waals surface area (Å²) in [6.45, 7) is 12.0. The molecule has 0 spiro atoms. The number of hydrogen-bond acceptors (Lipinski definition) is 11. The lowest BCUT2D eigenvalue weighted by Gasteiger charge is -2.36. The maximum atomic E-state index is 14.4. The highest BCUT2D eigenvalue weighted by atomic mass is 35.5. The Kier molecular flexibility index (Phi) is 13.5. The minimum atomic E-state index is -0.841. The molecule has 4 aromatic heterocycles. The minimum absolute atomic E-state index is 0.0484. The number of thiophene rings is 1. The number of aliphatic hydroxyl groups is 1. The highest BCUT2D eigenvalue weighted by Crippen LogP contribution is 2.40. The van der Waals surface area contributed by atoms with Gasteiger partial charge in [-0.05, 0) is 74.6 Å². The zero-order valence-electron chi connectivity index (χ0n) is 41.3. The molecule has 16 nitrogen and oxygen atoms in total. The number of halogens is 1. The Hall–Kier alpha value is -6.95. The number of aromatic nitrogens is 7. The first-order valence-corrected chi connectivity index (χ1v) is 25.6. The topological polar surface area (TPSA) is 187 Å². The number of nitrogens with zero attached hydrogens (tertiary/aromatic N) is 9. The van der Waals surface area contributed by atoms with Gasteiger partial charge in [-0.2, -0.15) is 5.10 Å². The smallest absolute Gasteiger partial charge is 0.248 e. The van der Waals surface area contributed by atoms with Gasteiger partial charge < -0.3 is 29.9 Å². The molecule has 2 aliphatic heterocycles. The third-order valence-electron chi connectivity index (χ3n) is 14.2. The zero-order chi connectivity index (χ0) is 50.5. The van der Waals surface area contributed by atoms with Crippen LogP contribution in [0.2, 0.25) is 5.02 Å². The van der Waals surface area contributed by atoms with Gasteiger partial charge in [0.05, 0.1) is 30.5 Å². The molecule has 1 saturated heterocycles. The van der Waals surface area contributed by atoms with E-state index >= 15 is 0 Å². The summed E-state index contributed by atoms with van der Waals surface area (Å²) >= 11 is 7.96. The number of carbonyl (C=O) groups is 3. The van der Waals surface area contributed by atoms with Gasteiger partial charge in [0.25, 0.3) is 0 Å². The molecule has 72 heavy (non-hydrogen) atoms. The first-order valence-electron chi connectivity index (χ1n) is 24.4. The minimum Gasteiger partial charge on any atom is -0.490 e. The zero-order valence-corrected chi connectivity index (χ0v) is 42.9. The van der Waals surface area contributed by atoms with Crippen molar-refractivity contribution in [2.75, 3.05) is 6.54 Å². The molecular formula is C54H58ClN11O5S. The van der Waals surface area contributed by atoms with Crippen molar-refractivity contribution in [3.05, 3.63) is 141 Å². The van der Waals surface area contributed by atoms with E-state index in [1.54, 1.807) is 28.4 Å². The quantitative estimate of drug-likeness (QED) is 0.0966. The Morgan fingerprint density at radius 2 is 1.68 bits per heavy atom. The van der Waals surface area contributed by atoms with Crippen molar-refractivity contribution in [2.24, 2.45) is 18.0 Å². The van der Waals surface area contributed by atoms with E-state index in [1.807, 2.05) is 129 Å². The van der Waals surface area contributed by atoms with Crippen molar-refractivity contribution >= 4 is 46.4 Å². The SMILES string of the molecule is Cc1sc2c(c1C)C(c1ccc(Cl)cc1)=N[C@@H](CC(=O)NC1CC(Oc3cccc(-c4cnn(C(C(=O)N5C[C@H](O)C[C@H]5C(=O)N[C@@H](C)c5ccc(-c6nccn6C)cc5)C(C)C)c4)c3)C1)c1nnc(C)n1-2. The largest absolute Gasteiger partial charge is 0.490 e. The number of aryl methyl sites for hydroxylation is 3. The Balaban J connectivity index is 0.762. The molecule has 372 valence electrons. The molecule has 3 aromatic carbocycles. The predicted molar refractivity (Wildman–Crippen MR) is 276 cm³/mol. The van der Waals surface area contributed by atoms with E-state index in [4.69, 9.17) is 21.3 Å². The summed E-state index contributed by atoms with van der Waals surface area (Å²) in [5.74, 6) is 1.99. The maximum Gasteiger partial charge on any atom is 0.248 e. The van der Waals surface area contributed by atoms with E-state index in [-0.39, 0.29) is 61.2 Å². The lowest BCUT2D eigenvalue weighted by atomic mass is 9.89. The monoisotopic (exact) mass is 1010 g/mol. The summed E-state index contributed by atoms with van der Waals surface area (Å²) in [5.41, 5.74) is 7.38. The standard InChI is InChI=1S/C54H58ClN11O5S/c1-29(2)49(53(70)64-28-41(67)24-45(64)52(69)58-31(4)34-11-13-36(14-12-34)50-56-19-20-63(50)7)65-27-38(26-57-65)37-9-8-10-42(21-37)71-43-22-40(23-43)59-46(68)25-44-51-62-61-33(6)66(51)54-47(30(3)32(5)72-54)48(60-44)35-15-17-39(55)18-16-35/h8-21,26-27,29,31,40-41,43-45,49,67H,22-25,28H2,1-7H3,(H,58,69)(H,59,68)/t31-,40?,41+,43?,44-,45-,49?/m0/s1. The van der Waals surface area contributed by atoms with Crippen molar-refractivity contribution in [3.63, 3.8) is 0 Å². The summed E-state index contributed by atoms with van der Waals surface area (Å²) in [6.07, 6.45) is 7.80. The van der Waals surface area contributed by atoms with Gasteiger partial charge in [0.15, 0.2) is 5.82 Å². The number of nitrogens with one attached hydrogen (secondary N) is 2. The van der Waals surface area contributed by atoms with Crippen LogP contribution in [0.25, 0.3) is 27.5 Å². The van der Waals surface area contributed by atoms with Gasteiger partial charge in [0.1, 0.15) is 46.6 Å². The van der Waals surface area contributed by atoms with Crippen LogP contribution in [0.1, 0.15) is 103 Å². The number of aliphatic hydroxyl groups excluding tert-OH is 1. The second kappa shape index (κ2) is 19.9. The molecule has 10 rings (SSSR count). The molecule has 3 aliphatic rings. The number of fused-ring (bicyclic) bond motifs is 3. The van der Waals surface area contributed by atoms with E-state index in [2.05, 4.69) is 44.8 Å². The molecule has 3 amide bonds. The molecular weight excluding hydrogens is 950 g/mol. The van der Waals surface area contributed by atoms with Crippen molar-refractivity contribution in [3.8, 4) is 33.3 Å². The van der Waals surface area contributed by atoms with Gasteiger partial charge in [-0.25, -0.2) is 4.98 Å². The molecule has 1 saturated carbocycles. The number of carbonyl (C=O) groups excluding carboxylic acids is 3. The van der Waals surface area contributed by atoms with Gasteiger partial charge in [0, 0.05) is 89.6 Å². The molecule has 6 heterocycles. The van der Waals surface area contributed by atoms with Crippen molar-refractivity contribution in [1.82, 2.24) is 49.6 Å². The fourth-order valence-corrected chi connectivity index (χ4v) is 11.4. The molecule has 2 fully saturated rings. The van der Waals surface area contributed by atoms with Crippen molar-refractivity contribution < 1.29 is 24.2 Å². The molecule has 18 heteroatoms. The molecule has 1 unspecified atom stereocenters. The van der Waals surface area contributed by atoms with Gasteiger partial charge >= 0.3 is 0 Å². The van der Waals surface area contributed by atoms with Crippen LogP contribution in [-0.2, 0) is 21.4 Å². The van der Waals surface area contributed by atoms with E-state index in [9.17, 15) is 19.5 Å². The number of rotatable bonds is 14. The van der Waals surface area contributed by atoms with Gasteiger partial charge in [-0.1, -0.05) is 74.0 Å². The molecule has 0 radical (unpaired) electrons. The van der Waals surface area contributed by atoms with E-state index in [0.29, 0.717) is 29.4 Å². The molecule has 5 atom stereocenters. The number of benzene rings is 3. The Bertz CT molecular complexity index is 3190. The summed E-state index contributed by atoms with van der Waals surface area (Å²) in [4.78, 5) is 54.4. The lowest BCUT2D eigenvalue weighted by Crippen LogP contribution is -2.49. The average Bonchev–Trinajstić information content (AvgIpc) is 4.19. The maximum absolute atomic E-state index is 14.4. The van der Waals surface area contributed by atoms with Crippen molar-refractivity contribution in [2.45, 2.75) is 110 Å². The Labute approximate surface area is 427 Å². The molecule has 7 aromatic rings. The summed E-state index contributed by atoms with van der Waals surface area (Å²) in [5, 5.41) is 32.4. The number of aliphatic imine (C=N–C) groups is 1. The van der Waals surface area contributed by atoms with Crippen LogP contribution in [0, 0.1) is 26.7 Å². The summed E-state index contributed by atoms with van der Waals surface area (Å²) < 4.78 is 12.1. The molecule has 1 aliphatic carbocycles. The fraction of sp³-hybridized carbons (Fsp3) is 0.370. The van der Waals surface area contributed by atoms with Crippen LogP contribution in [0.4, 0.5) is 0 Å². The number of amides is 3. The van der Waals surface area contributed by atoms with Crippen molar-refractivity contribution in [1.29, 1.82) is 0 Å². The highest BCUT2D eigenvalue weighted by Gasteiger charge is 2.43. The number of likely N-dealkylation sites (tertiary alicyclic amines) is 1. The first kappa shape index (κ1) is 48.7. The number of β-amino-alcohol motifs (C(OH)–C–C–N with tert-alkyl or cyclic N) is 1. The third-order valence-corrected chi connectivity index (χ3v) is 15.6. The van der Waals surface area contributed by atoms with Crippen LogP contribution < -0.4 is 15.4 Å². The lowest BCUT2D eigenvalue weighted by molar-refractivity contribution is -0.142. The molecule has 0 bridgehead atoms. The van der Waals surface area contributed by atoms with Gasteiger partial charge in [0.2, 0.25) is 17.7 Å². The summed E-state index contributed by atoms with van der Waals surface area (Å²) in [6, 6.07) is 20.7. The second-order valence-electron chi connectivity index (χ2n) is 19.6. The second-order valence-corrected chi connectivity index (χ2v) is 21.3. The van der Waals surface area contributed by atoms with Gasteiger partial charge in [-0.3, -0.25) is 28.6 Å². The molecule has 3 N–H and O–H groups in total. The average molecular weight is 1010 g/mol. The number of imidazole rings is 1. The number of ether oxygens (including phenoxy) is 1. The normalized spacial score (nSPS) is 20.2. The highest BCUT2D eigenvalue weighted by molar-refractivity contribution is 7.15. The first-order chi connectivity index (χ1) is 34.6. The van der Waals surface area contributed by atoms with Crippen LogP contribution >= 0.6 is 22.9 Å². The van der Waals surface area contributed by atoms with Crippen LogP contribution in [-0.4, -0.2) is 98.4 Å². The van der Waals surface area contributed by atoms with Gasteiger partial charge in [-0.15, -0.1) is 21.5 Å². The van der Waals surface area contributed by atoms with E-state index in [0.717, 1.165) is 61.3 Å². The summed E-state index contributed by atoms with van der Waals surface area (Å²) in [7, 11) is 1.94. The number of hydrogen-bond donors (Lipinski definition) is 3. The van der Waals surface area contributed by atoms with E-state index < -0.39 is 24.2 Å². The van der Waals surface area contributed by atoms with Crippen LogP contribution in [0.15, 0.2) is 103 Å². The fourth-order valence-electron chi connectivity index (χ4n) is 10.1.